The first-order valence-corrected chi connectivity index (χ1v) is 8.87. The van der Waals surface area contributed by atoms with E-state index in [1.165, 1.54) is 6.26 Å². The van der Waals surface area contributed by atoms with Crippen LogP contribution in [-0.2, 0) is 16.4 Å². The molecule has 7 heteroatoms. The smallest absolute Gasteiger partial charge is 0.231 e. The summed E-state index contributed by atoms with van der Waals surface area (Å²) in [7, 11) is -3.09. The van der Waals surface area contributed by atoms with Crippen molar-refractivity contribution in [2.75, 3.05) is 19.6 Å². The predicted molar refractivity (Wildman–Crippen MR) is 80.9 cm³/mol. The molecule has 0 radical (unpaired) electrons. The Labute approximate surface area is 127 Å². The molecule has 0 atom stereocenters. The fraction of sp³-hybridized carbons (Fsp3) is 0.538. The van der Waals surface area contributed by atoms with Crippen LogP contribution in [-0.4, -0.2) is 32.8 Å². The van der Waals surface area contributed by atoms with E-state index in [1.54, 1.807) is 13.8 Å². The van der Waals surface area contributed by atoms with Crippen molar-refractivity contribution >= 4 is 25.8 Å². The largest absolute Gasteiger partial charge is 0.454 e. The van der Waals surface area contributed by atoms with Crippen molar-refractivity contribution in [3.05, 3.63) is 22.2 Å². The van der Waals surface area contributed by atoms with Crippen LogP contribution < -0.4 is 14.8 Å². The topological polar surface area (TPSA) is 64.6 Å². The summed E-state index contributed by atoms with van der Waals surface area (Å²) < 4.78 is 34.0. The van der Waals surface area contributed by atoms with Crippen molar-refractivity contribution in [1.29, 1.82) is 0 Å². The Balaban J connectivity index is 2.01. The van der Waals surface area contributed by atoms with Gasteiger partial charge in [-0.2, -0.15) is 0 Å². The summed E-state index contributed by atoms with van der Waals surface area (Å²) in [6.45, 7) is 4.60. The molecule has 2 rings (SSSR count). The second-order valence-electron chi connectivity index (χ2n) is 5.45. The zero-order valence-electron chi connectivity index (χ0n) is 11.7. The molecule has 0 fully saturated rings. The highest BCUT2D eigenvalue weighted by Gasteiger charge is 2.29. The number of ether oxygens (including phenoxy) is 2. The standard InChI is InChI=1S/C13H18BrNO4S/c1-13(2,20(3,16)17)7-15-6-9-4-10(14)12-11(5-9)18-8-19-12/h4-5,15H,6-8H2,1-3H3. The van der Waals surface area contributed by atoms with Gasteiger partial charge in [0.05, 0.1) is 9.22 Å². The van der Waals surface area contributed by atoms with E-state index < -0.39 is 14.6 Å². The Kier molecular flexibility index (Phi) is 4.32. The van der Waals surface area contributed by atoms with Crippen LogP contribution >= 0.6 is 15.9 Å². The molecule has 0 saturated heterocycles. The van der Waals surface area contributed by atoms with Crippen molar-refractivity contribution in [2.45, 2.75) is 25.1 Å². The SMILES string of the molecule is CC(C)(CNCc1cc(Br)c2c(c1)OCO2)S(C)(=O)=O. The molecule has 1 aromatic carbocycles. The quantitative estimate of drug-likeness (QED) is 0.867. The van der Waals surface area contributed by atoms with Gasteiger partial charge in [-0.25, -0.2) is 8.42 Å². The summed E-state index contributed by atoms with van der Waals surface area (Å²) >= 11 is 3.43. The number of benzene rings is 1. The average Bonchev–Trinajstić information content (AvgIpc) is 2.75. The first kappa shape index (κ1) is 15.6. The second kappa shape index (κ2) is 5.54. The number of halogens is 1. The maximum absolute atomic E-state index is 11.6. The first-order valence-electron chi connectivity index (χ1n) is 6.19. The van der Waals surface area contributed by atoms with Crippen molar-refractivity contribution < 1.29 is 17.9 Å². The molecule has 112 valence electrons. The lowest BCUT2D eigenvalue weighted by atomic mass is 10.1. The molecule has 0 aromatic heterocycles. The molecular formula is C13H18BrNO4S. The normalized spacial score (nSPS) is 14.6. The molecule has 1 N–H and O–H groups in total. The van der Waals surface area contributed by atoms with Crippen LogP contribution in [0.15, 0.2) is 16.6 Å². The molecule has 0 unspecified atom stereocenters. The lowest BCUT2D eigenvalue weighted by molar-refractivity contribution is 0.173. The van der Waals surface area contributed by atoms with E-state index in [-0.39, 0.29) is 6.79 Å². The molecule has 20 heavy (non-hydrogen) atoms. The van der Waals surface area contributed by atoms with Gasteiger partial charge in [0.1, 0.15) is 0 Å². The molecule has 0 amide bonds. The highest BCUT2D eigenvalue weighted by atomic mass is 79.9. The molecule has 0 aliphatic carbocycles. The third-order valence-corrected chi connectivity index (χ3v) is 6.11. The maximum Gasteiger partial charge on any atom is 0.231 e. The molecule has 1 heterocycles. The van der Waals surface area contributed by atoms with Gasteiger partial charge in [0.15, 0.2) is 21.3 Å². The predicted octanol–water partition coefficient (Wildman–Crippen LogP) is 2.09. The van der Waals surface area contributed by atoms with E-state index in [2.05, 4.69) is 21.2 Å². The average molecular weight is 364 g/mol. The van der Waals surface area contributed by atoms with Crippen LogP contribution in [0.4, 0.5) is 0 Å². The molecule has 0 saturated carbocycles. The van der Waals surface area contributed by atoms with E-state index in [9.17, 15) is 8.42 Å². The molecule has 1 aliphatic rings. The maximum atomic E-state index is 11.6. The van der Waals surface area contributed by atoms with Gasteiger partial charge in [0.2, 0.25) is 6.79 Å². The van der Waals surface area contributed by atoms with Crippen LogP contribution in [0.3, 0.4) is 0 Å². The molecule has 0 bridgehead atoms. The van der Waals surface area contributed by atoms with E-state index >= 15 is 0 Å². The van der Waals surface area contributed by atoms with Crippen LogP contribution in [0.1, 0.15) is 19.4 Å². The molecule has 1 aromatic rings. The van der Waals surface area contributed by atoms with Gasteiger partial charge < -0.3 is 14.8 Å². The Bertz CT molecular complexity index is 613. The molecule has 5 nitrogen and oxygen atoms in total. The van der Waals surface area contributed by atoms with Crippen LogP contribution in [0.25, 0.3) is 0 Å². The number of nitrogens with one attached hydrogen (secondary N) is 1. The summed E-state index contributed by atoms with van der Waals surface area (Å²) in [5.74, 6) is 1.42. The highest BCUT2D eigenvalue weighted by molar-refractivity contribution is 9.10. The third kappa shape index (κ3) is 3.27. The monoisotopic (exact) mass is 363 g/mol. The van der Waals surface area contributed by atoms with Crippen molar-refractivity contribution in [2.24, 2.45) is 0 Å². The van der Waals surface area contributed by atoms with Gasteiger partial charge >= 0.3 is 0 Å². The van der Waals surface area contributed by atoms with E-state index in [4.69, 9.17) is 9.47 Å². The molecule has 0 spiro atoms. The molecular weight excluding hydrogens is 346 g/mol. The minimum absolute atomic E-state index is 0.228. The van der Waals surface area contributed by atoms with Gasteiger partial charge in [-0.1, -0.05) is 0 Å². The number of hydrogen-bond donors (Lipinski definition) is 1. The zero-order chi connectivity index (χ0) is 15.0. The Morgan fingerprint density at radius 2 is 2.05 bits per heavy atom. The number of rotatable bonds is 5. The summed E-state index contributed by atoms with van der Waals surface area (Å²) in [6, 6.07) is 3.83. The second-order valence-corrected chi connectivity index (χ2v) is 8.95. The van der Waals surface area contributed by atoms with Gasteiger partial charge in [-0.15, -0.1) is 0 Å². The lowest BCUT2D eigenvalue weighted by Crippen LogP contribution is -2.41. The molecule has 1 aliphatic heterocycles. The first-order chi connectivity index (χ1) is 9.21. The summed E-state index contributed by atoms with van der Waals surface area (Å²) in [5, 5.41) is 3.17. The van der Waals surface area contributed by atoms with Crippen molar-refractivity contribution in [3.8, 4) is 11.5 Å². The Hall–Kier alpha value is -0.790. The fourth-order valence-electron chi connectivity index (χ4n) is 1.76. The Morgan fingerprint density at radius 1 is 1.35 bits per heavy atom. The summed E-state index contributed by atoms with van der Waals surface area (Å²) in [5.41, 5.74) is 1.01. The van der Waals surface area contributed by atoms with Gasteiger partial charge in [0, 0.05) is 19.3 Å². The van der Waals surface area contributed by atoms with Gasteiger partial charge in [-0.05, 0) is 47.5 Å². The van der Waals surface area contributed by atoms with Gasteiger partial charge in [0.25, 0.3) is 0 Å². The zero-order valence-corrected chi connectivity index (χ0v) is 14.1. The summed E-state index contributed by atoms with van der Waals surface area (Å²) in [4.78, 5) is 0. The lowest BCUT2D eigenvalue weighted by Gasteiger charge is -2.22. The summed E-state index contributed by atoms with van der Waals surface area (Å²) in [6.07, 6.45) is 1.26. The van der Waals surface area contributed by atoms with Crippen molar-refractivity contribution in [3.63, 3.8) is 0 Å². The third-order valence-electron chi connectivity index (χ3n) is 3.37. The van der Waals surface area contributed by atoms with Gasteiger partial charge in [-0.3, -0.25) is 0 Å². The number of hydrogen-bond acceptors (Lipinski definition) is 5. The number of fused-ring (bicyclic) bond motifs is 1. The minimum Gasteiger partial charge on any atom is -0.454 e. The van der Waals surface area contributed by atoms with Crippen LogP contribution in [0.5, 0.6) is 11.5 Å². The Morgan fingerprint density at radius 3 is 2.70 bits per heavy atom. The van der Waals surface area contributed by atoms with Crippen molar-refractivity contribution in [1.82, 2.24) is 5.32 Å². The highest BCUT2D eigenvalue weighted by Crippen LogP contribution is 2.39. The minimum atomic E-state index is -3.09. The van der Waals surface area contributed by atoms with E-state index in [1.807, 2.05) is 12.1 Å². The van der Waals surface area contributed by atoms with Crippen LogP contribution in [0, 0.1) is 0 Å². The fourth-order valence-corrected chi connectivity index (χ4v) is 2.73. The van der Waals surface area contributed by atoms with E-state index in [0.717, 1.165) is 10.0 Å². The van der Waals surface area contributed by atoms with E-state index in [0.29, 0.717) is 24.6 Å². The van der Waals surface area contributed by atoms with Crippen LogP contribution in [0.2, 0.25) is 0 Å². The number of sulfone groups is 1.